The second-order valence-electron chi connectivity index (χ2n) is 3.42. The van der Waals surface area contributed by atoms with E-state index in [1.54, 1.807) is 14.0 Å². The Bertz CT molecular complexity index is 352. The largest absolute Gasteiger partial charge is 0.416 e. The van der Waals surface area contributed by atoms with Gasteiger partial charge in [0.1, 0.15) is 6.29 Å². The van der Waals surface area contributed by atoms with Crippen LogP contribution in [0.2, 0.25) is 0 Å². The predicted molar refractivity (Wildman–Crippen MR) is 63.8 cm³/mol. The Morgan fingerprint density at radius 3 is 2.00 bits per heavy atom. The second-order valence-corrected chi connectivity index (χ2v) is 3.42. The number of anilines is 1. The van der Waals surface area contributed by atoms with Gasteiger partial charge >= 0.3 is 6.18 Å². The van der Waals surface area contributed by atoms with E-state index in [1.807, 2.05) is 0 Å². The lowest BCUT2D eigenvalue weighted by molar-refractivity contribution is -0.137. The normalized spacial score (nSPS) is 12.1. The SMILES string of the molecule is CC(C=O)NN.CNc1ccc(C(F)(F)F)cc1. The summed E-state index contributed by atoms with van der Waals surface area (Å²) < 4.78 is 36.0. The van der Waals surface area contributed by atoms with Crippen LogP contribution in [0, 0.1) is 0 Å². The van der Waals surface area contributed by atoms with Crippen molar-refractivity contribution >= 4 is 12.0 Å². The highest BCUT2D eigenvalue weighted by molar-refractivity contribution is 5.56. The Balaban J connectivity index is 0.000000411. The number of nitrogens with two attached hydrogens (primary N) is 1. The van der Waals surface area contributed by atoms with Gasteiger partial charge in [-0.15, -0.1) is 0 Å². The lowest BCUT2D eigenvalue weighted by atomic mass is 10.2. The smallest absolute Gasteiger partial charge is 0.388 e. The van der Waals surface area contributed by atoms with E-state index in [2.05, 4.69) is 10.7 Å². The molecule has 1 atom stereocenters. The summed E-state index contributed by atoms with van der Waals surface area (Å²) in [5.41, 5.74) is 2.29. The highest BCUT2D eigenvalue weighted by Crippen LogP contribution is 2.29. The molecule has 4 nitrogen and oxygen atoms in total. The average Bonchev–Trinajstić information content (AvgIpc) is 2.37. The summed E-state index contributed by atoms with van der Waals surface area (Å²) in [6.45, 7) is 1.67. The summed E-state index contributed by atoms with van der Waals surface area (Å²) in [7, 11) is 1.66. The van der Waals surface area contributed by atoms with Gasteiger partial charge in [0.15, 0.2) is 0 Å². The molecular weight excluding hydrogens is 247 g/mol. The van der Waals surface area contributed by atoms with Crippen LogP contribution in [-0.4, -0.2) is 19.4 Å². The predicted octanol–water partition coefficient (Wildman–Crippen LogP) is 1.78. The Morgan fingerprint density at radius 2 is 1.78 bits per heavy atom. The van der Waals surface area contributed by atoms with Crippen molar-refractivity contribution in [1.29, 1.82) is 0 Å². The summed E-state index contributed by atoms with van der Waals surface area (Å²) in [5, 5.41) is 2.74. The van der Waals surface area contributed by atoms with Gasteiger partial charge in [0.2, 0.25) is 0 Å². The van der Waals surface area contributed by atoms with Crippen molar-refractivity contribution in [3.05, 3.63) is 29.8 Å². The fourth-order valence-electron chi connectivity index (χ4n) is 0.865. The lowest BCUT2D eigenvalue weighted by Gasteiger charge is -2.06. The molecule has 0 spiro atoms. The molecule has 0 heterocycles. The van der Waals surface area contributed by atoms with Gasteiger partial charge < -0.3 is 10.1 Å². The van der Waals surface area contributed by atoms with Crippen molar-refractivity contribution < 1.29 is 18.0 Å². The van der Waals surface area contributed by atoms with E-state index in [-0.39, 0.29) is 6.04 Å². The number of nitrogens with one attached hydrogen (secondary N) is 2. The van der Waals surface area contributed by atoms with Crippen LogP contribution in [0.5, 0.6) is 0 Å². The summed E-state index contributed by atoms with van der Waals surface area (Å²) in [6.07, 6.45) is -3.51. The molecule has 4 N–H and O–H groups in total. The van der Waals surface area contributed by atoms with Crippen LogP contribution in [0.4, 0.5) is 18.9 Å². The van der Waals surface area contributed by atoms with Crippen LogP contribution in [0.1, 0.15) is 12.5 Å². The summed E-state index contributed by atoms with van der Waals surface area (Å²) in [5.74, 6) is 4.80. The van der Waals surface area contributed by atoms with E-state index in [1.165, 1.54) is 12.1 Å². The van der Waals surface area contributed by atoms with Gasteiger partial charge in [0.05, 0.1) is 11.6 Å². The Kier molecular flexibility index (Phi) is 6.99. The van der Waals surface area contributed by atoms with Gasteiger partial charge in [-0.25, -0.2) is 0 Å². The topological polar surface area (TPSA) is 67.2 Å². The van der Waals surface area contributed by atoms with Crippen molar-refractivity contribution in [3.8, 4) is 0 Å². The Hall–Kier alpha value is -1.60. The van der Waals surface area contributed by atoms with E-state index in [4.69, 9.17) is 5.84 Å². The molecule has 0 radical (unpaired) electrons. The van der Waals surface area contributed by atoms with Crippen molar-refractivity contribution in [1.82, 2.24) is 5.43 Å². The molecular formula is C11H16F3N3O. The zero-order chi connectivity index (χ0) is 14.2. The number of alkyl halides is 3. The van der Waals surface area contributed by atoms with E-state index in [0.717, 1.165) is 18.4 Å². The first kappa shape index (κ1) is 16.4. The van der Waals surface area contributed by atoms with Gasteiger partial charge in [-0.2, -0.15) is 13.2 Å². The average molecular weight is 263 g/mol. The fraction of sp³-hybridized carbons (Fsp3) is 0.364. The molecule has 0 saturated heterocycles. The minimum Gasteiger partial charge on any atom is -0.388 e. The molecule has 0 amide bonds. The molecule has 0 saturated carbocycles. The Morgan fingerprint density at radius 1 is 1.28 bits per heavy atom. The maximum absolute atomic E-state index is 12.0. The molecule has 1 aromatic rings. The zero-order valence-electron chi connectivity index (χ0n) is 10.1. The first-order valence-electron chi connectivity index (χ1n) is 5.11. The highest BCUT2D eigenvalue weighted by atomic mass is 19.4. The van der Waals surface area contributed by atoms with Gasteiger partial charge in [0, 0.05) is 12.7 Å². The van der Waals surface area contributed by atoms with Crippen LogP contribution in [0.3, 0.4) is 0 Å². The minimum atomic E-state index is -4.24. The fourth-order valence-corrected chi connectivity index (χ4v) is 0.865. The van der Waals surface area contributed by atoms with Crippen LogP contribution in [-0.2, 0) is 11.0 Å². The third kappa shape index (κ3) is 6.21. The van der Waals surface area contributed by atoms with Gasteiger partial charge in [-0.3, -0.25) is 11.3 Å². The molecule has 0 aliphatic rings. The summed E-state index contributed by atoms with van der Waals surface area (Å²) in [6, 6.07) is 4.66. The number of hydrazine groups is 1. The zero-order valence-corrected chi connectivity index (χ0v) is 10.1. The molecule has 102 valence electrons. The standard InChI is InChI=1S/C8H8F3N.C3H8N2O/c1-12-7-4-2-6(3-5-7)8(9,10)11;1-3(2-6)5-4/h2-5,12H,1H3;2-3,5H,4H2,1H3. The molecule has 0 aliphatic heterocycles. The third-order valence-corrected chi connectivity index (χ3v) is 1.97. The first-order valence-corrected chi connectivity index (χ1v) is 5.11. The number of halogens is 3. The van der Waals surface area contributed by atoms with Crippen molar-refractivity contribution in [2.24, 2.45) is 5.84 Å². The van der Waals surface area contributed by atoms with Crippen LogP contribution in [0.25, 0.3) is 0 Å². The van der Waals surface area contributed by atoms with E-state index in [0.29, 0.717) is 5.69 Å². The van der Waals surface area contributed by atoms with Gasteiger partial charge in [-0.05, 0) is 31.2 Å². The maximum atomic E-state index is 12.0. The Labute approximate surface area is 103 Å². The van der Waals surface area contributed by atoms with Crippen molar-refractivity contribution in [2.45, 2.75) is 19.1 Å². The monoisotopic (exact) mass is 263 g/mol. The van der Waals surface area contributed by atoms with Crippen molar-refractivity contribution in [3.63, 3.8) is 0 Å². The van der Waals surface area contributed by atoms with Gasteiger partial charge in [0.25, 0.3) is 0 Å². The first-order chi connectivity index (χ1) is 8.35. The third-order valence-electron chi connectivity index (χ3n) is 1.97. The molecule has 7 heteroatoms. The van der Waals surface area contributed by atoms with E-state index < -0.39 is 11.7 Å². The highest BCUT2D eigenvalue weighted by Gasteiger charge is 2.29. The number of aldehydes is 1. The molecule has 0 aliphatic carbocycles. The van der Waals surface area contributed by atoms with Crippen molar-refractivity contribution in [2.75, 3.05) is 12.4 Å². The van der Waals surface area contributed by atoms with Crippen LogP contribution in [0.15, 0.2) is 24.3 Å². The van der Waals surface area contributed by atoms with E-state index in [9.17, 15) is 18.0 Å². The maximum Gasteiger partial charge on any atom is 0.416 e. The molecule has 0 aromatic heterocycles. The molecule has 1 unspecified atom stereocenters. The second kappa shape index (κ2) is 7.67. The minimum absolute atomic E-state index is 0.218. The van der Waals surface area contributed by atoms with E-state index >= 15 is 0 Å². The number of hydrogen-bond acceptors (Lipinski definition) is 4. The number of rotatable bonds is 3. The number of benzene rings is 1. The summed E-state index contributed by atoms with van der Waals surface area (Å²) in [4.78, 5) is 9.59. The molecule has 0 bridgehead atoms. The van der Waals surface area contributed by atoms with Crippen LogP contribution < -0.4 is 16.6 Å². The number of hydrogen-bond donors (Lipinski definition) is 3. The molecule has 0 fully saturated rings. The van der Waals surface area contributed by atoms with Crippen LogP contribution >= 0.6 is 0 Å². The summed E-state index contributed by atoms with van der Waals surface area (Å²) >= 11 is 0. The molecule has 1 aromatic carbocycles. The van der Waals surface area contributed by atoms with Gasteiger partial charge in [-0.1, -0.05) is 0 Å². The molecule has 18 heavy (non-hydrogen) atoms. The number of carbonyl (C=O) groups excluding carboxylic acids is 1. The number of carbonyl (C=O) groups is 1. The lowest BCUT2D eigenvalue weighted by Crippen LogP contribution is -2.33. The quantitative estimate of drug-likeness (QED) is 0.442. The molecule has 1 rings (SSSR count).